The van der Waals surface area contributed by atoms with E-state index in [0.29, 0.717) is 11.8 Å². The van der Waals surface area contributed by atoms with Gasteiger partial charge >= 0.3 is 0 Å². The monoisotopic (exact) mass is 317 g/mol. The number of hydrogen-bond acceptors (Lipinski definition) is 3. The fourth-order valence-electron chi connectivity index (χ4n) is 3.52. The molecule has 1 aliphatic carbocycles. The van der Waals surface area contributed by atoms with E-state index in [-0.39, 0.29) is 18.1 Å². The molecule has 0 atom stereocenters. The maximum atomic E-state index is 12.1. The molecule has 1 saturated carbocycles. The van der Waals surface area contributed by atoms with Crippen molar-refractivity contribution in [2.24, 2.45) is 5.92 Å². The molecule has 0 unspecified atom stereocenters. The molecule has 2 aliphatic rings. The molecular weight excluding hydrogens is 290 g/mol. The predicted molar refractivity (Wildman–Crippen MR) is 89.9 cm³/mol. The summed E-state index contributed by atoms with van der Waals surface area (Å²) in [6, 6.07) is 6.19. The number of nitrogens with one attached hydrogen (secondary N) is 1. The first-order valence-corrected chi connectivity index (χ1v) is 8.66. The van der Waals surface area contributed by atoms with Crippen molar-refractivity contribution < 1.29 is 14.3 Å². The summed E-state index contributed by atoms with van der Waals surface area (Å²) in [4.78, 5) is 12.1. The molecule has 23 heavy (non-hydrogen) atoms. The van der Waals surface area contributed by atoms with Crippen molar-refractivity contribution >= 4 is 5.91 Å². The van der Waals surface area contributed by atoms with Crippen LogP contribution in [-0.4, -0.2) is 24.2 Å². The highest BCUT2D eigenvalue weighted by molar-refractivity contribution is 5.78. The second-order valence-electron chi connectivity index (χ2n) is 7.60. The molecule has 0 bridgehead atoms. The second kappa shape index (κ2) is 6.42. The van der Waals surface area contributed by atoms with E-state index in [1.807, 2.05) is 12.1 Å². The van der Waals surface area contributed by atoms with Crippen LogP contribution in [0.4, 0.5) is 0 Å². The summed E-state index contributed by atoms with van der Waals surface area (Å²) in [6.45, 7) is 6.45. The maximum absolute atomic E-state index is 12.1. The minimum absolute atomic E-state index is 0.0422. The summed E-state index contributed by atoms with van der Waals surface area (Å²) in [7, 11) is 0. The summed E-state index contributed by atoms with van der Waals surface area (Å²) < 4.78 is 11.7. The van der Waals surface area contributed by atoms with Gasteiger partial charge in [0, 0.05) is 18.0 Å². The standard InChI is InChI=1S/C19H27NO3/c1-13-7-9-15(10-8-13)20-17(21)12-22-16-6-4-5-14-11-19(2,3)23-18(14)16/h4-6,13,15H,7-12H2,1-3H3,(H,20,21). The fourth-order valence-corrected chi connectivity index (χ4v) is 3.52. The Morgan fingerprint density at radius 3 is 2.78 bits per heavy atom. The van der Waals surface area contributed by atoms with Gasteiger partial charge in [-0.15, -0.1) is 0 Å². The number of rotatable bonds is 4. The lowest BCUT2D eigenvalue weighted by Gasteiger charge is -2.26. The lowest BCUT2D eigenvalue weighted by atomic mass is 9.87. The number of amides is 1. The lowest BCUT2D eigenvalue weighted by Crippen LogP contribution is -2.39. The lowest BCUT2D eigenvalue weighted by molar-refractivity contribution is -0.124. The summed E-state index contributed by atoms with van der Waals surface area (Å²) >= 11 is 0. The van der Waals surface area contributed by atoms with E-state index in [0.717, 1.165) is 36.5 Å². The average Bonchev–Trinajstić information content (AvgIpc) is 2.82. The smallest absolute Gasteiger partial charge is 0.258 e. The highest BCUT2D eigenvalue weighted by atomic mass is 16.5. The number of carbonyl (C=O) groups excluding carboxylic acids is 1. The summed E-state index contributed by atoms with van der Waals surface area (Å²) in [5.41, 5.74) is 0.942. The molecule has 0 radical (unpaired) electrons. The molecule has 1 N–H and O–H groups in total. The third-order valence-corrected chi connectivity index (χ3v) is 4.79. The molecule has 0 saturated heterocycles. The van der Waals surface area contributed by atoms with Crippen molar-refractivity contribution in [3.63, 3.8) is 0 Å². The SMILES string of the molecule is CC1CCC(NC(=O)COc2cccc3c2OC(C)(C)C3)CC1. The zero-order chi connectivity index (χ0) is 16.4. The van der Waals surface area contributed by atoms with Crippen LogP contribution in [0.25, 0.3) is 0 Å². The van der Waals surface area contributed by atoms with Crippen LogP contribution < -0.4 is 14.8 Å². The average molecular weight is 317 g/mol. The van der Waals surface area contributed by atoms with E-state index in [1.165, 1.54) is 12.8 Å². The molecule has 126 valence electrons. The molecule has 4 nitrogen and oxygen atoms in total. The van der Waals surface area contributed by atoms with Crippen molar-refractivity contribution in [2.45, 2.75) is 64.5 Å². The van der Waals surface area contributed by atoms with Gasteiger partial charge in [-0.2, -0.15) is 0 Å². The Labute approximate surface area is 138 Å². The molecular formula is C19H27NO3. The molecule has 0 aromatic heterocycles. The largest absolute Gasteiger partial charge is 0.483 e. The Kier molecular flexibility index (Phi) is 4.51. The Hall–Kier alpha value is -1.71. The summed E-state index contributed by atoms with van der Waals surface area (Å²) in [6.07, 6.45) is 5.41. The first kappa shape index (κ1) is 16.2. The number of hydrogen-bond donors (Lipinski definition) is 1. The van der Waals surface area contributed by atoms with Crippen LogP contribution in [0, 0.1) is 5.92 Å². The molecule has 1 aromatic carbocycles. The van der Waals surface area contributed by atoms with Crippen LogP contribution in [0.3, 0.4) is 0 Å². The van der Waals surface area contributed by atoms with Gasteiger partial charge in [-0.25, -0.2) is 0 Å². The zero-order valence-electron chi connectivity index (χ0n) is 14.4. The topological polar surface area (TPSA) is 47.6 Å². The Balaban J connectivity index is 1.53. The summed E-state index contributed by atoms with van der Waals surface area (Å²) in [5, 5.41) is 3.09. The van der Waals surface area contributed by atoms with E-state index in [4.69, 9.17) is 9.47 Å². The molecule has 1 fully saturated rings. The number of benzene rings is 1. The predicted octanol–water partition coefficient (Wildman–Crippen LogP) is 3.47. The first-order valence-electron chi connectivity index (χ1n) is 8.66. The van der Waals surface area contributed by atoms with Crippen LogP contribution in [0.2, 0.25) is 0 Å². The van der Waals surface area contributed by atoms with Crippen molar-refractivity contribution in [3.8, 4) is 11.5 Å². The van der Waals surface area contributed by atoms with Gasteiger partial charge in [-0.1, -0.05) is 19.1 Å². The number of ether oxygens (including phenoxy) is 2. The van der Waals surface area contributed by atoms with Gasteiger partial charge < -0.3 is 14.8 Å². The minimum Gasteiger partial charge on any atom is -0.483 e. The van der Waals surface area contributed by atoms with E-state index < -0.39 is 0 Å². The molecule has 1 aromatic rings. The van der Waals surface area contributed by atoms with Crippen molar-refractivity contribution in [2.75, 3.05) is 6.61 Å². The quantitative estimate of drug-likeness (QED) is 0.925. The number of fused-ring (bicyclic) bond motifs is 1. The molecule has 1 heterocycles. The van der Waals surface area contributed by atoms with Gasteiger partial charge in [0.2, 0.25) is 0 Å². The van der Waals surface area contributed by atoms with Crippen LogP contribution in [0.15, 0.2) is 18.2 Å². The Morgan fingerprint density at radius 2 is 2.04 bits per heavy atom. The van der Waals surface area contributed by atoms with Crippen LogP contribution in [-0.2, 0) is 11.2 Å². The molecule has 1 aliphatic heterocycles. The number of para-hydroxylation sites is 1. The molecule has 1 amide bonds. The van der Waals surface area contributed by atoms with Crippen LogP contribution in [0.5, 0.6) is 11.5 Å². The Morgan fingerprint density at radius 1 is 1.30 bits per heavy atom. The van der Waals surface area contributed by atoms with Gasteiger partial charge in [0.15, 0.2) is 18.1 Å². The van der Waals surface area contributed by atoms with Gasteiger partial charge in [-0.3, -0.25) is 4.79 Å². The first-order chi connectivity index (χ1) is 10.9. The maximum Gasteiger partial charge on any atom is 0.258 e. The normalized spacial score (nSPS) is 25.3. The third kappa shape index (κ3) is 3.98. The minimum atomic E-state index is -0.206. The van der Waals surface area contributed by atoms with E-state index >= 15 is 0 Å². The van der Waals surface area contributed by atoms with E-state index in [1.54, 1.807) is 0 Å². The van der Waals surface area contributed by atoms with Crippen molar-refractivity contribution in [1.82, 2.24) is 5.32 Å². The highest BCUT2D eigenvalue weighted by Crippen LogP contribution is 2.41. The van der Waals surface area contributed by atoms with Crippen molar-refractivity contribution in [3.05, 3.63) is 23.8 Å². The number of carbonyl (C=O) groups is 1. The molecule has 0 spiro atoms. The third-order valence-electron chi connectivity index (χ3n) is 4.79. The van der Waals surface area contributed by atoms with Crippen LogP contribution >= 0.6 is 0 Å². The van der Waals surface area contributed by atoms with Gasteiger partial charge in [0.25, 0.3) is 5.91 Å². The van der Waals surface area contributed by atoms with Gasteiger partial charge in [0.05, 0.1) is 0 Å². The zero-order valence-corrected chi connectivity index (χ0v) is 14.4. The second-order valence-corrected chi connectivity index (χ2v) is 7.60. The molecule has 3 rings (SSSR count). The van der Waals surface area contributed by atoms with Crippen LogP contribution in [0.1, 0.15) is 52.0 Å². The van der Waals surface area contributed by atoms with E-state index in [9.17, 15) is 4.79 Å². The molecule has 4 heteroatoms. The Bertz CT molecular complexity index is 574. The van der Waals surface area contributed by atoms with E-state index in [2.05, 4.69) is 32.2 Å². The fraction of sp³-hybridized carbons (Fsp3) is 0.632. The van der Waals surface area contributed by atoms with Gasteiger partial charge in [0.1, 0.15) is 5.60 Å². The van der Waals surface area contributed by atoms with Gasteiger partial charge in [-0.05, 0) is 51.5 Å². The summed E-state index contributed by atoms with van der Waals surface area (Å²) in [5.74, 6) is 2.20. The van der Waals surface area contributed by atoms with Crippen molar-refractivity contribution in [1.29, 1.82) is 0 Å². The highest BCUT2D eigenvalue weighted by Gasteiger charge is 2.32.